The van der Waals surface area contributed by atoms with E-state index >= 15 is 0 Å². The summed E-state index contributed by atoms with van der Waals surface area (Å²) in [5.41, 5.74) is 1.88. The molecule has 7 heteroatoms. The third-order valence-corrected chi connectivity index (χ3v) is 4.68. The molecule has 0 saturated carbocycles. The fraction of sp³-hybridized carbons (Fsp3) is 0.308. The standard InChI is InChI=1S/C13H13FN2O3S/c14-20(18,19)11-6-13(17)16(8-11)7-9-1-2-12-10(5-9)3-4-15-12/h1-5,11,15H,6-8H2. The van der Waals surface area contributed by atoms with Crippen molar-refractivity contribution in [3.63, 3.8) is 0 Å². The molecule has 2 heterocycles. The molecular formula is C13H13FN2O3S. The highest BCUT2D eigenvalue weighted by Crippen LogP contribution is 2.23. The van der Waals surface area contributed by atoms with E-state index < -0.39 is 15.5 Å². The first-order chi connectivity index (χ1) is 9.43. The van der Waals surface area contributed by atoms with Crippen molar-refractivity contribution in [2.45, 2.75) is 18.2 Å². The van der Waals surface area contributed by atoms with Crippen molar-refractivity contribution in [3.8, 4) is 0 Å². The van der Waals surface area contributed by atoms with Crippen molar-refractivity contribution in [2.75, 3.05) is 6.54 Å². The van der Waals surface area contributed by atoms with E-state index in [2.05, 4.69) is 4.98 Å². The van der Waals surface area contributed by atoms with Crippen LogP contribution in [0, 0.1) is 0 Å². The fourth-order valence-corrected chi connectivity index (χ4v) is 3.20. The van der Waals surface area contributed by atoms with E-state index in [0.717, 1.165) is 16.5 Å². The van der Waals surface area contributed by atoms with Crippen molar-refractivity contribution >= 4 is 27.0 Å². The van der Waals surface area contributed by atoms with Crippen LogP contribution in [0.15, 0.2) is 30.5 Å². The van der Waals surface area contributed by atoms with E-state index in [1.807, 2.05) is 30.5 Å². The van der Waals surface area contributed by atoms with Crippen LogP contribution in [0.1, 0.15) is 12.0 Å². The van der Waals surface area contributed by atoms with Crippen LogP contribution >= 0.6 is 0 Å². The molecule has 1 aromatic heterocycles. The van der Waals surface area contributed by atoms with Crippen molar-refractivity contribution in [2.24, 2.45) is 0 Å². The number of aromatic amines is 1. The lowest BCUT2D eigenvalue weighted by Crippen LogP contribution is -2.26. The Bertz CT molecular complexity index is 769. The molecule has 1 aromatic carbocycles. The largest absolute Gasteiger partial charge is 0.361 e. The smallest absolute Gasteiger partial charge is 0.307 e. The number of nitrogens with zero attached hydrogens (tertiary/aromatic N) is 1. The number of hydrogen-bond donors (Lipinski definition) is 1. The Hall–Kier alpha value is -1.89. The second-order valence-electron chi connectivity index (χ2n) is 4.98. The number of nitrogens with one attached hydrogen (secondary N) is 1. The second kappa shape index (κ2) is 4.59. The lowest BCUT2D eigenvalue weighted by Gasteiger charge is -2.16. The summed E-state index contributed by atoms with van der Waals surface area (Å²) in [6.45, 7) is 0.217. The molecule has 1 aliphatic rings. The van der Waals surface area contributed by atoms with Gasteiger partial charge in [-0.05, 0) is 29.1 Å². The van der Waals surface area contributed by atoms with E-state index in [4.69, 9.17) is 0 Å². The van der Waals surface area contributed by atoms with Crippen molar-refractivity contribution < 1.29 is 17.1 Å². The first-order valence-corrected chi connectivity index (χ1v) is 7.65. The van der Waals surface area contributed by atoms with Crippen molar-refractivity contribution in [1.82, 2.24) is 9.88 Å². The van der Waals surface area contributed by atoms with E-state index in [9.17, 15) is 17.1 Å². The third kappa shape index (κ3) is 2.40. The van der Waals surface area contributed by atoms with Gasteiger partial charge in [0.2, 0.25) is 5.91 Å². The summed E-state index contributed by atoms with van der Waals surface area (Å²) in [5, 5.41) is -0.213. The Balaban J connectivity index is 1.79. The highest BCUT2D eigenvalue weighted by Gasteiger charge is 2.38. The van der Waals surface area contributed by atoms with Gasteiger partial charge >= 0.3 is 10.2 Å². The average molecular weight is 296 g/mol. The minimum atomic E-state index is -4.65. The van der Waals surface area contributed by atoms with Gasteiger partial charge in [-0.1, -0.05) is 6.07 Å². The van der Waals surface area contributed by atoms with Crippen LogP contribution in [0.3, 0.4) is 0 Å². The van der Waals surface area contributed by atoms with Crippen LogP contribution in [0.4, 0.5) is 3.89 Å². The number of likely N-dealkylation sites (tertiary alicyclic amines) is 1. The molecule has 1 saturated heterocycles. The van der Waals surface area contributed by atoms with Gasteiger partial charge in [0.05, 0.1) is 0 Å². The van der Waals surface area contributed by atoms with Gasteiger partial charge in [-0.2, -0.15) is 8.42 Å². The van der Waals surface area contributed by atoms with Crippen LogP contribution in [0.25, 0.3) is 10.9 Å². The average Bonchev–Trinajstić information content (AvgIpc) is 2.95. The Morgan fingerprint density at radius 2 is 2.15 bits per heavy atom. The summed E-state index contributed by atoms with van der Waals surface area (Å²) in [6, 6.07) is 7.60. The lowest BCUT2D eigenvalue weighted by molar-refractivity contribution is -0.128. The predicted molar refractivity (Wildman–Crippen MR) is 72.1 cm³/mol. The molecule has 1 aliphatic heterocycles. The van der Waals surface area contributed by atoms with Crippen molar-refractivity contribution in [3.05, 3.63) is 36.0 Å². The molecule has 1 atom stereocenters. The number of hydrogen-bond acceptors (Lipinski definition) is 3. The Kier molecular flexibility index (Phi) is 3.01. The van der Waals surface area contributed by atoms with Gasteiger partial charge in [-0.3, -0.25) is 4.79 Å². The molecule has 5 nitrogen and oxygen atoms in total. The van der Waals surface area contributed by atoms with Gasteiger partial charge in [-0.15, -0.1) is 3.89 Å². The molecule has 2 aromatic rings. The maximum absolute atomic E-state index is 12.9. The minimum absolute atomic E-state index is 0.0805. The molecule has 1 unspecified atom stereocenters. The molecule has 106 valence electrons. The molecule has 0 radical (unpaired) electrons. The third-order valence-electron chi connectivity index (χ3n) is 3.57. The highest BCUT2D eigenvalue weighted by atomic mass is 32.3. The summed E-state index contributed by atoms with van der Waals surface area (Å²) in [5.74, 6) is -0.328. The van der Waals surface area contributed by atoms with Gasteiger partial charge in [0.25, 0.3) is 0 Å². The number of amides is 1. The molecule has 1 amide bonds. The fourth-order valence-electron chi connectivity index (χ4n) is 2.50. The van der Waals surface area contributed by atoms with Crippen molar-refractivity contribution in [1.29, 1.82) is 0 Å². The highest BCUT2D eigenvalue weighted by molar-refractivity contribution is 7.87. The summed E-state index contributed by atoms with van der Waals surface area (Å²) < 4.78 is 34.7. The molecule has 3 rings (SSSR count). The van der Waals surface area contributed by atoms with Crippen LogP contribution in [-0.2, 0) is 21.6 Å². The van der Waals surface area contributed by atoms with Gasteiger partial charge in [-0.25, -0.2) is 0 Å². The number of fused-ring (bicyclic) bond motifs is 1. The maximum atomic E-state index is 12.9. The number of halogens is 1. The van der Waals surface area contributed by atoms with E-state index in [0.29, 0.717) is 6.54 Å². The maximum Gasteiger partial charge on any atom is 0.307 e. The minimum Gasteiger partial charge on any atom is -0.361 e. The van der Waals surface area contributed by atoms with Crippen LogP contribution in [-0.4, -0.2) is 36.0 Å². The second-order valence-corrected chi connectivity index (χ2v) is 6.59. The zero-order chi connectivity index (χ0) is 14.3. The first kappa shape index (κ1) is 13.1. The number of rotatable bonds is 3. The summed E-state index contributed by atoms with van der Waals surface area (Å²) >= 11 is 0. The van der Waals surface area contributed by atoms with Crippen LogP contribution in [0.5, 0.6) is 0 Å². The van der Waals surface area contributed by atoms with Gasteiger partial charge in [0.1, 0.15) is 5.25 Å². The zero-order valence-electron chi connectivity index (χ0n) is 10.5. The van der Waals surface area contributed by atoms with Crippen LogP contribution in [0.2, 0.25) is 0 Å². The topological polar surface area (TPSA) is 70.2 Å². The molecule has 20 heavy (non-hydrogen) atoms. The zero-order valence-corrected chi connectivity index (χ0v) is 11.4. The number of carbonyl (C=O) groups is 1. The first-order valence-electron chi connectivity index (χ1n) is 6.21. The molecule has 0 aliphatic carbocycles. The Morgan fingerprint density at radius 3 is 2.85 bits per heavy atom. The van der Waals surface area contributed by atoms with Gasteiger partial charge in [0.15, 0.2) is 0 Å². The van der Waals surface area contributed by atoms with E-state index in [1.54, 1.807) is 0 Å². The van der Waals surface area contributed by atoms with E-state index in [1.165, 1.54) is 4.90 Å². The SMILES string of the molecule is O=C1CC(S(=O)(=O)F)CN1Cc1ccc2[nH]ccc2c1. The van der Waals surface area contributed by atoms with E-state index in [-0.39, 0.29) is 18.9 Å². The lowest BCUT2D eigenvalue weighted by atomic mass is 10.1. The number of H-pyrrole nitrogens is 1. The molecule has 1 N–H and O–H groups in total. The number of aromatic nitrogens is 1. The quantitative estimate of drug-likeness (QED) is 0.874. The molecular weight excluding hydrogens is 283 g/mol. The van der Waals surface area contributed by atoms with Gasteiger partial charge < -0.3 is 9.88 Å². The predicted octanol–water partition coefficient (Wildman–Crippen LogP) is 1.57. The molecule has 0 bridgehead atoms. The monoisotopic (exact) mass is 296 g/mol. The summed E-state index contributed by atoms with van der Waals surface area (Å²) in [4.78, 5) is 16.2. The Labute approximate surface area is 115 Å². The van der Waals surface area contributed by atoms with Crippen LogP contribution < -0.4 is 0 Å². The number of carbonyl (C=O) groups excluding carboxylic acids is 1. The van der Waals surface area contributed by atoms with Gasteiger partial charge in [0, 0.05) is 31.2 Å². The summed E-state index contributed by atoms with van der Waals surface area (Å²) in [7, 11) is -4.65. The summed E-state index contributed by atoms with van der Waals surface area (Å²) in [6.07, 6.45) is 1.55. The normalized spacial score (nSPS) is 19.9. The molecule has 1 fully saturated rings. The Morgan fingerprint density at radius 1 is 1.35 bits per heavy atom. The molecule has 0 spiro atoms. The number of benzene rings is 1.